The summed E-state index contributed by atoms with van der Waals surface area (Å²) in [6, 6.07) is 13.4. The number of amides is 5. The van der Waals surface area contributed by atoms with Gasteiger partial charge in [0.1, 0.15) is 6.04 Å². The fourth-order valence-corrected chi connectivity index (χ4v) is 7.20. The molecular formula is C36H51Cl2N6O4+. The molecule has 0 saturated carbocycles. The number of carbonyl (C=O) groups excluding carboxylic acids is 4. The highest BCUT2D eigenvalue weighted by Crippen LogP contribution is 2.35. The van der Waals surface area contributed by atoms with Crippen LogP contribution in [-0.4, -0.2) is 84.9 Å². The van der Waals surface area contributed by atoms with Crippen molar-refractivity contribution >= 4 is 47.0 Å². The second-order valence-electron chi connectivity index (χ2n) is 13.1. The van der Waals surface area contributed by atoms with Crippen LogP contribution in [0.15, 0.2) is 48.5 Å². The molecule has 0 radical (unpaired) electrons. The number of piperidine rings is 2. The van der Waals surface area contributed by atoms with Gasteiger partial charge in [-0.05, 0) is 81.5 Å². The molecule has 3 atom stereocenters. The van der Waals surface area contributed by atoms with Crippen molar-refractivity contribution in [3.63, 3.8) is 0 Å². The van der Waals surface area contributed by atoms with Crippen LogP contribution in [0.4, 0.5) is 4.79 Å². The fourth-order valence-electron chi connectivity index (χ4n) is 6.88. The third kappa shape index (κ3) is 10.6. The third-order valence-corrected chi connectivity index (χ3v) is 10.1. The Morgan fingerprint density at radius 1 is 0.958 bits per heavy atom. The number of nitrogens with zero attached hydrogens (tertiary/aromatic N) is 2. The molecule has 48 heavy (non-hydrogen) atoms. The van der Waals surface area contributed by atoms with Crippen LogP contribution in [0.25, 0.3) is 0 Å². The first kappa shape index (κ1) is 37.5. The molecule has 0 spiro atoms. The van der Waals surface area contributed by atoms with Crippen LogP contribution in [-0.2, 0) is 27.2 Å². The van der Waals surface area contributed by atoms with Gasteiger partial charge >= 0.3 is 6.03 Å². The maximum Gasteiger partial charge on any atom is 0.315 e. The van der Waals surface area contributed by atoms with Gasteiger partial charge in [-0.3, -0.25) is 14.4 Å². The molecule has 2 aromatic rings. The van der Waals surface area contributed by atoms with Gasteiger partial charge in [0.05, 0.1) is 22.0 Å². The molecule has 10 nitrogen and oxygen atoms in total. The van der Waals surface area contributed by atoms with Crippen molar-refractivity contribution in [2.24, 2.45) is 5.41 Å². The van der Waals surface area contributed by atoms with Crippen molar-refractivity contribution in [1.82, 2.24) is 25.8 Å². The van der Waals surface area contributed by atoms with E-state index in [9.17, 15) is 19.2 Å². The maximum atomic E-state index is 14.3. The van der Waals surface area contributed by atoms with E-state index in [4.69, 9.17) is 23.2 Å². The van der Waals surface area contributed by atoms with Gasteiger partial charge in [0.2, 0.25) is 17.7 Å². The van der Waals surface area contributed by atoms with E-state index in [0.29, 0.717) is 61.9 Å². The van der Waals surface area contributed by atoms with Crippen molar-refractivity contribution < 1.29 is 24.9 Å². The molecule has 0 bridgehead atoms. The van der Waals surface area contributed by atoms with E-state index in [0.717, 1.165) is 49.8 Å². The van der Waals surface area contributed by atoms with E-state index in [1.165, 1.54) is 0 Å². The number of urea groups is 1. The average Bonchev–Trinajstić information content (AvgIpc) is 3.08. The molecule has 0 aromatic heterocycles. The Labute approximate surface area is 294 Å². The number of unbranched alkanes of at least 4 members (excludes halogenated alkanes) is 2. The molecule has 12 heteroatoms. The summed E-state index contributed by atoms with van der Waals surface area (Å²) in [6.07, 6.45) is 6.85. The quantitative estimate of drug-likeness (QED) is 0.221. The lowest BCUT2D eigenvalue weighted by molar-refractivity contribution is -0.368. The lowest BCUT2D eigenvalue weighted by Gasteiger charge is -2.43. The summed E-state index contributed by atoms with van der Waals surface area (Å²) in [4.78, 5) is 57.8. The van der Waals surface area contributed by atoms with Gasteiger partial charge in [-0.2, -0.15) is 0 Å². The van der Waals surface area contributed by atoms with Gasteiger partial charge in [-0.15, -0.1) is 0 Å². The van der Waals surface area contributed by atoms with E-state index >= 15 is 0 Å². The topological polar surface area (TPSA) is 138 Å². The molecule has 2 fully saturated rings. The van der Waals surface area contributed by atoms with Gasteiger partial charge in [0, 0.05) is 51.6 Å². The molecule has 6 N–H and O–H groups in total. The molecule has 5 amide bonds. The summed E-state index contributed by atoms with van der Waals surface area (Å²) in [5.41, 5.74) is 4.83. The molecule has 2 aliphatic rings. The lowest BCUT2D eigenvalue weighted by atomic mass is 9.74. The molecular weight excluding hydrogens is 651 g/mol. The number of rotatable bonds is 14. The van der Waals surface area contributed by atoms with Crippen LogP contribution in [0.3, 0.4) is 0 Å². The van der Waals surface area contributed by atoms with Crippen LogP contribution < -0.4 is 21.7 Å². The highest BCUT2D eigenvalue weighted by Gasteiger charge is 2.44. The van der Waals surface area contributed by atoms with Gasteiger partial charge in [-0.1, -0.05) is 59.6 Å². The van der Waals surface area contributed by atoms with Crippen LogP contribution in [0.2, 0.25) is 10.0 Å². The Bertz CT molecular complexity index is 1400. The molecule has 2 saturated heterocycles. The van der Waals surface area contributed by atoms with Gasteiger partial charge in [-0.25, -0.2) is 4.79 Å². The minimum atomic E-state index is -0.918. The highest BCUT2D eigenvalue weighted by atomic mass is 35.5. The summed E-state index contributed by atoms with van der Waals surface area (Å²) >= 11 is 12.5. The molecule has 262 valence electrons. The number of quaternary nitrogens is 1. The molecule has 2 aromatic carbocycles. The Morgan fingerprint density at radius 2 is 1.73 bits per heavy atom. The van der Waals surface area contributed by atoms with Crippen molar-refractivity contribution in [1.29, 1.82) is 0 Å². The molecule has 2 aliphatic heterocycles. The Kier molecular flexibility index (Phi) is 14.4. The number of hydrogen-bond acceptors (Lipinski definition) is 4. The number of hydrogen-bond donors (Lipinski definition) is 4. The number of benzene rings is 2. The predicted octanol–water partition coefficient (Wildman–Crippen LogP) is 3.98. The molecule has 4 rings (SSSR count). The summed E-state index contributed by atoms with van der Waals surface area (Å²) in [6.45, 7) is 5.08. The van der Waals surface area contributed by atoms with Gasteiger partial charge < -0.3 is 31.5 Å². The Hall–Kier alpha value is -3.34. The van der Waals surface area contributed by atoms with Crippen LogP contribution in [0.5, 0.6) is 0 Å². The lowest BCUT2D eigenvalue weighted by Crippen LogP contribution is -2.60. The van der Waals surface area contributed by atoms with E-state index in [1.54, 1.807) is 23.1 Å². The highest BCUT2D eigenvalue weighted by molar-refractivity contribution is 6.42. The monoisotopic (exact) mass is 701 g/mol. The summed E-state index contributed by atoms with van der Waals surface area (Å²) < 4.78 is 0. The van der Waals surface area contributed by atoms with E-state index < -0.39 is 17.5 Å². The SMILES string of the molecule is CCNC(=O)[C@]1(Cc2ccccc2)CCCN(C(=O)C(Cc2ccc(Cl)c(Cl)c2)NC(=O)NC2CCCN(C(=O)CCCCC[NH3+])C2)C1. The van der Waals surface area contributed by atoms with Gasteiger partial charge in [0.15, 0.2) is 0 Å². The van der Waals surface area contributed by atoms with Crippen molar-refractivity contribution in [3.05, 3.63) is 69.7 Å². The van der Waals surface area contributed by atoms with E-state index in [-0.39, 0.29) is 36.7 Å². The molecule has 0 aliphatic carbocycles. The zero-order chi connectivity index (χ0) is 34.5. The molecule has 2 heterocycles. The maximum absolute atomic E-state index is 14.3. The van der Waals surface area contributed by atoms with Crippen LogP contribution in [0.1, 0.15) is 69.4 Å². The van der Waals surface area contributed by atoms with Gasteiger partial charge in [0.25, 0.3) is 0 Å². The first-order valence-corrected chi connectivity index (χ1v) is 18.1. The number of likely N-dealkylation sites (tertiary alicyclic amines) is 2. The smallest absolute Gasteiger partial charge is 0.315 e. The standard InChI is InChI=1S/C36H50Cl2N6O4/c1-2-40-34(47)36(23-26-11-5-3-6-12-26)17-10-20-44(25-36)33(46)31(22-27-15-16-29(37)30(38)21-27)42-35(48)41-28-13-9-19-43(24-28)32(45)14-7-4-8-18-39/h3,5-6,11-12,15-16,21,28,31H,2,4,7-10,13-14,17-20,22-25,39H2,1H3,(H,40,47)(H2,41,42,48)/p+1/t28?,31?,36-/m0/s1. The Balaban J connectivity index is 1.49. The second-order valence-corrected chi connectivity index (χ2v) is 13.9. The van der Waals surface area contributed by atoms with Crippen molar-refractivity contribution in [2.75, 3.05) is 39.3 Å². The van der Waals surface area contributed by atoms with Crippen molar-refractivity contribution in [3.8, 4) is 0 Å². The van der Waals surface area contributed by atoms with E-state index in [1.807, 2.05) is 42.2 Å². The number of nitrogens with one attached hydrogen (secondary N) is 3. The van der Waals surface area contributed by atoms with Crippen LogP contribution >= 0.6 is 23.2 Å². The summed E-state index contributed by atoms with van der Waals surface area (Å²) in [5, 5.41) is 9.73. The number of halogens is 2. The van der Waals surface area contributed by atoms with Crippen LogP contribution in [0, 0.1) is 5.41 Å². The summed E-state index contributed by atoms with van der Waals surface area (Å²) in [5.74, 6) is -0.230. The summed E-state index contributed by atoms with van der Waals surface area (Å²) in [7, 11) is 0. The fraction of sp³-hybridized carbons (Fsp3) is 0.556. The minimum Gasteiger partial charge on any atom is -0.358 e. The predicted molar refractivity (Wildman–Crippen MR) is 189 cm³/mol. The molecule has 2 unspecified atom stereocenters. The zero-order valence-electron chi connectivity index (χ0n) is 28.1. The van der Waals surface area contributed by atoms with Crippen molar-refractivity contribution in [2.45, 2.75) is 83.2 Å². The second kappa shape index (κ2) is 18.4. The largest absolute Gasteiger partial charge is 0.358 e. The first-order chi connectivity index (χ1) is 23.1. The zero-order valence-corrected chi connectivity index (χ0v) is 29.6. The minimum absolute atomic E-state index is 0.0724. The normalized spacial score (nSPS) is 20.1. The first-order valence-electron chi connectivity index (χ1n) is 17.3. The van der Waals surface area contributed by atoms with E-state index in [2.05, 4.69) is 21.7 Å². The third-order valence-electron chi connectivity index (χ3n) is 9.37. The Morgan fingerprint density at radius 3 is 2.46 bits per heavy atom. The average molecular weight is 703 g/mol. The number of carbonyl (C=O) groups is 4.